The quantitative estimate of drug-likeness (QED) is 0.837. The molecule has 0 saturated carbocycles. The number of carboxylic acid groups (broad SMARTS) is 1. The minimum Gasteiger partial charge on any atom is -0.481 e. The van der Waals surface area contributed by atoms with Gasteiger partial charge in [0, 0.05) is 18.0 Å². The lowest BCUT2D eigenvalue weighted by molar-refractivity contribution is -0.138. The molecule has 0 radical (unpaired) electrons. The number of nitrogens with zero attached hydrogens (tertiary/aromatic N) is 3. The van der Waals surface area contributed by atoms with Crippen molar-refractivity contribution < 1.29 is 14.3 Å². The second-order valence-corrected chi connectivity index (χ2v) is 3.24. The first-order valence-corrected chi connectivity index (χ1v) is 4.65. The Bertz CT molecular complexity index is 495. The summed E-state index contributed by atoms with van der Waals surface area (Å²) in [6, 6.07) is 3.42. The molecule has 1 unspecified atom stereocenters. The van der Waals surface area contributed by atoms with Gasteiger partial charge in [-0.3, -0.25) is 9.78 Å². The van der Waals surface area contributed by atoms with E-state index in [2.05, 4.69) is 15.2 Å². The van der Waals surface area contributed by atoms with E-state index in [0.29, 0.717) is 11.5 Å². The minimum absolute atomic E-state index is 0.0966. The topological polar surface area (TPSA) is 89.1 Å². The fourth-order valence-corrected chi connectivity index (χ4v) is 1.13. The molecule has 1 N–H and O–H groups in total. The summed E-state index contributed by atoms with van der Waals surface area (Å²) < 4.78 is 5.26. The van der Waals surface area contributed by atoms with Crippen LogP contribution >= 0.6 is 0 Å². The third kappa shape index (κ3) is 1.90. The Balaban J connectivity index is 2.30. The Hall–Kier alpha value is -2.24. The van der Waals surface area contributed by atoms with E-state index in [9.17, 15) is 4.79 Å². The van der Waals surface area contributed by atoms with Crippen LogP contribution in [0.15, 0.2) is 28.9 Å². The number of hydrogen-bond donors (Lipinski definition) is 1. The first-order chi connectivity index (χ1) is 7.68. The number of aliphatic carboxylic acids is 1. The highest BCUT2D eigenvalue weighted by molar-refractivity contribution is 5.74. The predicted octanol–water partition coefficient (Wildman–Crippen LogP) is 1.32. The molecule has 6 heteroatoms. The van der Waals surface area contributed by atoms with Gasteiger partial charge in [0.1, 0.15) is 5.92 Å². The van der Waals surface area contributed by atoms with Gasteiger partial charge in [-0.05, 0) is 19.1 Å². The molecule has 2 aromatic rings. The second-order valence-electron chi connectivity index (χ2n) is 3.24. The molecule has 0 bridgehead atoms. The molecule has 82 valence electrons. The molecule has 0 aliphatic carbocycles. The Morgan fingerprint density at radius 1 is 1.38 bits per heavy atom. The van der Waals surface area contributed by atoms with Crippen LogP contribution in [0.1, 0.15) is 18.7 Å². The Morgan fingerprint density at radius 2 is 2.06 bits per heavy atom. The highest BCUT2D eigenvalue weighted by Gasteiger charge is 2.20. The van der Waals surface area contributed by atoms with Gasteiger partial charge in [-0.15, -0.1) is 10.2 Å². The van der Waals surface area contributed by atoms with Crippen LogP contribution in [0.3, 0.4) is 0 Å². The average molecular weight is 219 g/mol. The van der Waals surface area contributed by atoms with Crippen LogP contribution in [0, 0.1) is 0 Å². The monoisotopic (exact) mass is 219 g/mol. The summed E-state index contributed by atoms with van der Waals surface area (Å²) in [5.74, 6) is -1.40. The summed E-state index contributed by atoms with van der Waals surface area (Å²) in [5.41, 5.74) is 0.714. The van der Waals surface area contributed by atoms with Gasteiger partial charge in [-0.2, -0.15) is 0 Å². The Morgan fingerprint density at radius 3 is 2.69 bits per heavy atom. The maximum atomic E-state index is 10.7. The van der Waals surface area contributed by atoms with E-state index >= 15 is 0 Å². The molecule has 0 amide bonds. The number of rotatable bonds is 3. The summed E-state index contributed by atoms with van der Waals surface area (Å²) >= 11 is 0. The summed E-state index contributed by atoms with van der Waals surface area (Å²) in [6.07, 6.45) is 3.19. The molecule has 0 aliphatic rings. The van der Waals surface area contributed by atoms with Crippen molar-refractivity contribution in [2.75, 3.05) is 0 Å². The van der Waals surface area contributed by atoms with Crippen LogP contribution in [0.5, 0.6) is 0 Å². The first-order valence-electron chi connectivity index (χ1n) is 4.65. The highest BCUT2D eigenvalue weighted by atomic mass is 16.4. The van der Waals surface area contributed by atoms with Crippen molar-refractivity contribution in [1.82, 2.24) is 15.2 Å². The van der Waals surface area contributed by atoms with Gasteiger partial charge < -0.3 is 9.52 Å². The number of hydrogen-bond acceptors (Lipinski definition) is 5. The lowest BCUT2D eigenvalue weighted by Gasteiger charge is -1.97. The van der Waals surface area contributed by atoms with E-state index in [1.54, 1.807) is 24.5 Å². The molecule has 0 fully saturated rings. The van der Waals surface area contributed by atoms with Crippen LogP contribution < -0.4 is 0 Å². The maximum absolute atomic E-state index is 10.7. The van der Waals surface area contributed by atoms with Crippen molar-refractivity contribution in [1.29, 1.82) is 0 Å². The summed E-state index contributed by atoms with van der Waals surface area (Å²) in [6.45, 7) is 1.49. The van der Waals surface area contributed by atoms with Gasteiger partial charge in [0.15, 0.2) is 0 Å². The van der Waals surface area contributed by atoms with Gasteiger partial charge in [0.2, 0.25) is 11.8 Å². The molecule has 2 rings (SSSR count). The SMILES string of the molecule is CC(C(=O)O)c1nnc(-c2ccncc2)o1. The standard InChI is InChI=1S/C10H9N3O3/c1-6(10(14)15)8-12-13-9(16-8)7-2-4-11-5-3-7/h2-6H,1H3,(H,14,15). The van der Waals surface area contributed by atoms with Crippen molar-refractivity contribution >= 4 is 5.97 Å². The van der Waals surface area contributed by atoms with Crippen molar-refractivity contribution in [2.24, 2.45) is 0 Å². The first kappa shape index (κ1) is 10.3. The van der Waals surface area contributed by atoms with Gasteiger partial charge in [-0.25, -0.2) is 0 Å². The molecule has 16 heavy (non-hydrogen) atoms. The molecule has 0 aliphatic heterocycles. The number of carboxylic acids is 1. The van der Waals surface area contributed by atoms with Crippen LogP contribution in [0.4, 0.5) is 0 Å². The number of aromatic nitrogens is 3. The van der Waals surface area contributed by atoms with Crippen LogP contribution in [0.25, 0.3) is 11.5 Å². The summed E-state index contributed by atoms with van der Waals surface area (Å²) in [7, 11) is 0. The molecular weight excluding hydrogens is 210 g/mol. The van der Waals surface area contributed by atoms with Crippen molar-refractivity contribution in [3.05, 3.63) is 30.4 Å². The smallest absolute Gasteiger partial charge is 0.315 e. The van der Waals surface area contributed by atoms with E-state index < -0.39 is 11.9 Å². The number of carbonyl (C=O) groups is 1. The largest absolute Gasteiger partial charge is 0.481 e. The summed E-state index contributed by atoms with van der Waals surface area (Å²) in [4.78, 5) is 14.6. The zero-order valence-corrected chi connectivity index (χ0v) is 8.49. The fraction of sp³-hybridized carbons (Fsp3) is 0.200. The van der Waals surface area contributed by atoms with Crippen LogP contribution in [-0.4, -0.2) is 26.3 Å². The van der Waals surface area contributed by atoms with E-state index in [-0.39, 0.29) is 5.89 Å². The van der Waals surface area contributed by atoms with Gasteiger partial charge in [0.25, 0.3) is 0 Å². The Labute approximate surface area is 91.0 Å². The van der Waals surface area contributed by atoms with Gasteiger partial charge >= 0.3 is 5.97 Å². The summed E-state index contributed by atoms with van der Waals surface area (Å²) in [5, 5.41) is 16.3. The molecule has 2 aromatic heterocycles. The molecule has 0 spiro atoms. The number of pyridine rings is 1. The lowest BCUT2D eigenvalue weighted by Crippen LogP contribution is -2.07. The molecule has 2 heterocycles. The average Bonchev–Trinajstić information content (AvgIpc) is 2.78. The predicted molar refractivity (Wildman–Crippen MR) is 53.6 cm³/mol. The third-order valence-corrected chi connectivity index (χ3v) is 2.11. The molecule has 1 atom stereocenters. The molecule has 0 saturated heterocycles. The normalized spacial score (nSPS) is 12.3. The van der Waals surface area contributed by atoms with Crippen molar-refractivity contribution in [3.63, 3.8) is 0 Å². The fourth-order valence-electron chi connectivity index (χ4n) is 1.13. The van der Waals surface area contributed by atoms with Crippen LogP contribution in [0.2, 0.25) is 0 Å². The van der Waals surface area contributed by atoms with E-state index in [4.69, 9.17) is 9.52 Å². The maximum Gasteiger partial charge on any atom is 0.315 e. The van der Waals surface area contributed by atoms with Crippen molar-refractivity contribution in [3.8, 4) is 11.5 Å². The van der Waals surface area contributed by atoms with E-state index in [1.165, 1.54) is 6.92 Å². The molecule has 0 aromatic carbocycles. The Kier molecular flexibility index (Phi) is 2.63. The van der Waals surface area contributed by atoms with E-state index in [1.807, 2.05) is 0 Å². The highest BCUT2D eigenvalue weighted by Crippen LogP contribution is 2.20. The molecule has 6 nitrogen and oxygen atoms in total. The zero-order valence-electron chi connectivity index (χ0n) is 8.49. The second kappa shape index (κ2) is 4.09. The van der Waals surface area contributed by atoms with E-state index in [0.717, 1.165) is 0 Å². The third-order valence-electron chi connectivity index (χ3n) is 2.11. The molecular formula is C10H9N3O3. The zero-order chi connectivity index (χ0) is 11.5. The van der Waals surface area contributed by atoms with Crippen molar-refractivity contribution in [2.45, 2.75) is 12.8 Å². The van der Waals surface area contributed by atoms with Gasteiger partial charge in [-0.1, -0.05) is 0 Å². The minimum atomic E-state index is -0.995. The van der Waals surface area contributed by atoms with Gasteiger partial charge in [0.05, 0.1) is 0 Å². The lowest BCUT2D eigenvalue weighted by atomic mass is 10.2. The van der Waals surface area contributed by atoms with Crippen LogP contribution in [-0.2, 0) is 4.79 Å².